The third-order valence-electron chi connectivity index (χ3n) is 4.57. The summed E-state index contributed by atoms with van der Waals surface area (Å²) in [6, 6.07) is 11.4. The first-order valence-electron chi connectivity index (χ1n) is 9.45. The molecule has 0 atom stereocenters. The summed E-state index contributed by atoms with van der Waals surface area (Å²) in [5, 5.41) is 8.97. The molecule has 0 bridgehead atoms. The van der Waals surface area contributed by atoms with Crippen LogP contribution < -0.4 is 0 Å². The van der Waals surface area contributed by atoms with Gasteiger partial charge in [-0.05, 0) is 19.4 Å². The fraction of sp³-hybridized carbons (Fsp3) is 0.286. The van der Waals surface area contributed by atoms with E-state index in [1.165, 1.54) is 0 Å². The van der Waals surface area contributed by atoms with Gasteiger partial charge < -0.3 is 9.26 Å². The molecule has 0 amide bonds. The molecule has 3 heterocycles. The maximum atomic E-state index is 12.9. The highest BCUT2D eigenvalue weighted by Gasteiger charge is 2.21. The molecule has 29 heavy (non-hydrogen) atoms. The number of carbonyl (C=O) groups is 1. The number of hydrogen-bond acceptors (Lipinski definition) is 7. The van der Waals surface area contributed by atoms with Gasteiger partial charge in [-0.1, -0.05) is 42.4 Å². The van der Waals surface area contributed by atoms with Gasteiger partial charge in [0, 0.05) is 19.0 Å². The van der Waals surface area contributed by atoms with Gasteiger partial charge in [-0.15, -0.1) is 0 Å². The third kappa shape index (κ3) is 3.73. The SMILES string of the molecule is CCCc1noc(COC(=O)c2cc(-c3ccccc3)nc3c2c(C)nn3C)n1. The van der Waals surface area contributed by atoms with Crippen LogP contribution in [0.2, 0.25) is 0 Å². The summed E-state index contributed by atoms with van der Waals surface area (Å²) in [5.74, 6) is 0.401. The minimum Gasteiger partial charge on any atom is -0.452 e. The second kappa shape index (κ2) is 7.83. The lowest BCUT2D eigenvalue weighted by atomic mass is 10.1. The zero-order chi connectivity index (χ0) is 20.4. The van der Waals surface area contributed by atoms with E-state index in [2.05, 4.69) is 15.2 Å². The van der Waals surface area contributed by atoms with Crippen LogP contribution in [0.4, 0.5) is 0 Å². The third-order valence-corrected chi connectivity index (χ3v) is 4.57. The summed E-state index contributed by atoms with van der Waals surface area (Å²) in [5.41, 5.74) is 3.33. The van der Waals surface area contributed by atoms with Crippen molar-refractivity contribution in [1.82, 2.24) is 24.9 Å². The Kier molecular flexibility index (Phi) is 5.07. The molecule has 8 heteroatoms. The van der Waals surface area contributed by atoms with Gasteiger partial charge in [-0.2, -0.15) is 10.1 Å². The molecule has 0 N–H and O–H groups in total. The first kappa shape index (κ1) is 18.8. The normalized spacial score (nSPS) is 11.1. The molecular weight excluding hydrogens is 370 g/mol. The Morgan fingerprint density at radius 3 is 2.76 bits per heavy atom. The van der Waals surface area contributed by atoms with Crippen molar-refractivity contribution in [3.63, 3.8) is 0 Å². The Morgan fingerprint density at radius 1 is 1.21 bits per heavy atom. The lowest BCUT2D eigenvalue weighted by Crippen LogP contribution is -2.08. The van der Waals surface area contributed by atoms with Crippen molar-refractivity contribution < 1.29 is 14.1 Å². The van der Waals surface area contributed by atoms with Gasteiger partial charge in [0.1, 0.15) is 0 Å². The Balaban J connectivity index is 1.68. The molecule has 0 unspecified atom stereocenters. The number of aromatic nitrogens is 5. The largest absolute Gasteiger partial charge is 0.452 e. The zero-order valence-electron chi connectivity index (χ0n) is 16.5. The number of fused-ring (bicyclic) bond motifs is 1. The first-order valence-corrected chi connectivity index (χ1v) is 9.45. The van der Waals surface area contributed by atoms with Crippen LogP contribution in [0.5, 0.6) is 0 Å². The summed E-state index contributed by atoms with van der Waals surface area (Å²) in [6.07, 6.45) is 1.63. The molecule has 3 aromatic heterocycles. The minimum atomic E-state index is -0.485. The van der Waals surface area contributed by atoms with E-state index in [0.717, 1.165) is 18.4 Å². The standard InChI is InChI=1S/C21H21N5O3/c1-4-8-17-23-18(29-25-17)12-28-21(27)15-11-16(14-9-6-5-7-10-14)22-20-19(15)13(2)24-26(20)3/h5-7,9-11H,4,8,12H2,1-3H3. The van der Waals surface area contributed by atoms with Crippen LogP contribution in [-0.2, 0) is 24.8 Å². The van der Waals surface area contributed by atoms with Crippen LogP contribution in [0.3, 0.4) is 0 Å². The number of benzene rings is 1. The van der Waals surface area contributed by atoms with Gasteiger partial charge in [-0.25, -0.2) is 9.78 Å². The van der Waals surface area contributed by atoms with Crippen molar-refractivity contribution in [3.05, 3.63) is 59.4 Å². The van der Waals surface area contributed by atoms with Crippen molar-refractivity contribution in [2.45, 2.75) is 33.3 Å². The second-order valence-electron chi connectivity index (χ2n) is 6.76. The Morgan fingerprint density at radius 2 is 2.00 bits per heavy atom. The van der Waals surface area contributed by atoms with E-state index >= 15 is 0 Å². The average molecular weight is 391 g/mol. The average Bonchev–Trinajstić information content (AvgIpc) is 3.30. The van der Waals surface area contributed by atoms with Crippen molar-refractivity contribution in [3.8, 4) is 11.3 Å². The molecular formula is C21H21N5O3. The Labute approximate surface area is 167 Å². The quantitative estimate of drug-likeness (QED) is 0.463. The fourth-order valence-corrected chi connectivity index (χ4v) is 3.24. The van der Waals surface area contributed by atoms with Gasteiger partial charge >= 0.3 is 5.97 Å². The summed E-state index contributed by atoms with van der Waals surface area (Å²) in [6.45, 7) is 3.79. The zero-order valence-corrected chi connectivity index (χ0v) is 16.5. The molecule has 0 spiro atoms. The molecule has 0 aliphatic rings. The number of hydrogen-bond donors (Lipinski definition) is 0. The van der Waals surface area contributed by atoms with Crippen molar-refractivity contribution in [1.29, 1.82) is 0 Å². The van der Waals surface area contributed by atoms with Crippen molar-refractivity contribution >= 4 is 17.0 Å². The van der Waals surface area contributed by atoms with Crippen LogP contribution in [0.1, 0.15) is 41.1 Å². The molecule has 0 fully saturated rings. The van der Waals surface area contributed by atoms with E-state index in [1.807, 2.05) is 44.2 Å². The maximum absolute atomic E-state index is 12.9. The van der Waals surface area contributed by atoms with E-state index in [9.17, 15) is 4.79 Å². The summed E-state index contributed by atoms with van der Waals surface area (Å²) in [4.78, 5) is 21.9. The topological polar surface area (TPSA) is 95.9 Å². The molecule has 4 rings (SSSR count). The van der Waals surface area contributed by atoms with Crippen LogP contribution in [-0.4, -0.2) is 30.9 Å². The van der Waals surface area contributed by atoms with Crippen LogP contribution in [0.25, 0.3) is 22.3 Å². The first-order chi connectivity index (χ1) is 14.1. The molecule has 1 aromatic carbocycles. The maximum Gasteiger partial charge on any atom is 0.339 e. The van der Waals surface area contributed by atoms with E-state index in [-0.39, 0.29) is 12.5 Å². The number of carbonyl (C=O) groups excluding carboxylic acids is 1. The molecule has 8 nitrogen and oxygen atoms in total. The van der Waals surface area contributed by atoms with Crippen LogP contribution >= 0.6 is 0 Å². The monoisotopic (exact) mass is 391 g/mol. The fourth-order valence-electron chi connectivity index (χ4n) is 3.24. The summed E-state index contributed by atoms with van der Waals surface area (Å²) < 4.78 is 12.3. The lowest BCUT2D eigenvalue weighted by molar-refractivity contribution is 0.0432. The summed E-state index contributed by atoms with van der Waals surface area (Å²) >= 11 is 0. The van der Waals surface area contributed by atoms with Gasteiger partial charge in [-0.3, -0.25) is 4.68 Å². The van der Waals surface area contributed by atoms with Gasteiger partial charge in [0.25, 0.3) is 5.89 Å². The van der Waals surface area contributed by atoms with E-state index in [4.69, 9.17) is 14.2 Å². The molecule has 4 aromatic rings. The van der Waals surface area contributed by atoms with Crippen LogP contribution in [0.15, 0.2) is 40.9 Å². The minimum absolute atomic E-state index is 0.0840. The van der Waals surface area contributed by atoms with Gasteiger partial charge in [0.15, 0.2) is 18.1 Å². The molecule has 0 aliphatic heterocycles. The van der Waals surface area contributed by atoms with Crippen molar-refractivity contribution in [2.75, 3.05) is 0 Å². The number of esters is 1. The van der Waals surface area contributed by atoms with E-state index in [1.54, 1.807) is 17.8 Å². The number of ether oxygens (including phenoxy) is 1. The number of aryl methyl sites for hydroxylation is 3. The highest BCUT2D eigenvalue weighted by atomic mass is 16.6. The number of nitrogens with zero attached hydrogens (tertiary/aromatic N) is 5. The number of rotatable bonds is 6. The molecule has 0 saturated carbocycles. The smallest absolute Gasteiger partial charge is 0.339 e. The molecule has 148 valence electrons. The summed E-state index contributed by atoms with van der Waals surface area (Å²) in [7, 11) is 1.81. The Hall–Kier alpha value is -3.55. The van der Waals surface area contributed by atoms with Crippen LogP contribution in [0, 0.1) is 6.92 Å². The predicted molar refractivity (Wildman–Crippen MR) is 106 cm³/mol. The van der Waals surface area contributed by atoms with E-state index < -0.39 is 5.97 Å². The predicted octanol–water partition coefficient (Wildman–Crippen LogP) is 3.64. The second-order valence-corrected chi connectivity index (χ2v) is 6.76. The lowest BCUT2D eigenvalue weighted by Gasteiger charge is -2.08. The molecule has 0 aliphatic carbocycles. The molecule has 0 saturated heterocycles. The highest BCUT2D eigenvalue weighted by molar-refractivity contribution is 6.04. The highest BCUT2D eigenvalue weighted by Crippen LogP contribution is 2.27. The van der Waals surface area contributed by atoms with Crippen molar-refractivity contribution in [2.24, 2.45) is 7.05 Å². The Bertz CT molecular complexity index is 1160. The molecule has 0 radical (unpaired) electrons. The van der Waals surface area contributed by atoms with Gasteiger partial charge in [0.2, 0.25) is 0 Å². The van der Waals surface area contributed by atoms with Gasteiger partial charge in [0.05, 0.1) is 22.3 Å². The number of pyridine rings is 1. The van der Waals surface area contributed by atoms with E-state index in [0.29, 0.717) is 33.8 Å².